The summed E-state index contributed by atoms with van der Waals surface area (Å²) in [5.41, 5.74) is 0.916. The number of hydrogen-bond donors (Lipinski definition) is 2. The maximum atomic E-state index is 13.2. The fourth-order valence-electron chi connectivity index (χ4n) is 3.67. The van der Waals surface area contributed by atoms with Crippen molar-refractivity contribution in [3.05, 3.63) is 42.0 Å². The number of likely N-dealkylation sites (tertiary alicyclic amines) is 1. The van der Waals surface area contributed by atoms with E-state index in [-0.39, 0.29) is 17.7 Å². The second-order valence-electron chi connectivity index (χ2n) is 7.09. The summed E-state index contributed by atoms with van der Waals surface area (Å²) in [5.74, 6) is -0.638. The molecular formula is C20H25FN2O3. The monoisotopic (exact) mass is 360 g/mol. The van der Waals surface area contributed by atoms with Crippen molar-refractivity contribution in [3.63, 3.8) is 0 Å². The third-order valence-corrected chi connectivity index (χ3v) is 5.17. The van der Waals surface area contributed by atoms with Crippen LogP contribution in [0.3, 0.4) is 0 Å². The number of nitrogens with zero attached hydrogens (tertiary/aromatic N) is 1. The highest BCUT2D eigenvalue weighted by Crippen LogP contribution is 2.29. The van der Waals surface area contributed by atoms with Crippen molar-refractivity contribution in [2.75, 3.05) is 13.1 Å². The Morgan fingerprint density at radius 2 is 1.85 bits per heavy atom. The number of amides is 2. The molecule has 3 rings (SSSR count). The highest BCUT2D eigenvalue weighted by Gasteiger charge is 2.39. The van der Waals surface area contributed by atoms with Crippen LogP contribution < -0.4 is 5.32 Å². The number of benzene rings is 1. The van der Waals surface area contributed by atoms with Gasteiger partial charge in [0, 0.05) is 25.1 Å². The normalized spacial score (nSPS) is 27.0. The fourth-order valence-corrected chi connectivity index (χ4v) is 3.67. The van der Waals surface area contributed by atoms with Crippen LogP contribution >= 0.6 is 0 Å². The lowest BCUT2D eigenvalue weighted by atomic mass is 10.0. The third-order valence-electron chi connectivity index (χ3n) is 5.17. The third kappa shape index (κ3) is 4.69. The summed E-state index contributed by atoms with van der Waals surface area (Å²) in [6.07, 6.45) is 3.09. The number of aliphatic hydroxyl groups excluding tert-OH is 1. The molecule has 26 heavy (non-hydrogen) atoms. The van der Waals surface area contributed by atoms with Gasteiger partial charge in [0.1, 0.15) is 6.17 Å². The Hall–Kier alpha value is -2.21. The van der Waals surface area contributed by atoms with Crippen LogP contribution in [-0.4, -0.2) is 53.2 Å². The first-order chi connectivity index (χ1) is 12.5. The Morgan fingerprint density at radius 3 is 2.54 bits per heavy atom. The van der Waals surface area contributed by atoms with Gasteiger partial charge in [-0.2, -0.15) is 0 Å². The van der Waals surface area contributed by atoms with Crippen LogP contribution in [-0.2, 0) is 9.59 Å². The van der Waals surface area contributed by atoms with Gasteiger partial charge in [0.2, 0.25) is 11.8 Å². The van der Waals surface area contributed by atoms with Gasteiger partial charge in [-0.25, -0.2) is 4.39 Å². The number of piperidine rings is 1. The Balaban J connectivity index is 1.51. The molecule has 1 aliphatic heterocycles. The van der Waals surface area contributed by atoms with Gasteiger partial charge in [-0.05, 0) is 37.3 Å². The smallest absolute Gasteiger partial charge is 0.244 e. The average molecular weight is 360 g/mol. The molecule has 0 spiro atoms. The molecule has 2 fully saturated rings. The molecule has 1 saturated carbocycles. The number of hydrogen-bond acceptors (Lipinski definition) is 3. The molecule has 0 bridgehead atoms. The van der Waals surface area contributed by atoms with Gasteiger partial charge in [-0.15, -0.1) is 0 Å². The summed E-state index contributed by atoms with van der Waals surface area (Å²) in [6, 6.07) is 9.03. The maximum Gasteiger partial charge on any atom is 0.244 e. The number of alkyl halides is 1. The van der Waals surface area contributed by atoms with E-state index >= 15 is 0 Å². The van der Waals surface area contributed by atoms with E-state index in [1.165, 1.54) is 6.08 Å². The summed E-state index contributed by atoms with van der Waals surface area (Å²) < 4.78 is 13.2. The largest absolute Gasteiger partial charge is 0.391 e. The van der Waals surface area contributed by atoms with E-state index in [1.54, 1.807) is 11.0 Å². The summed E-state index contributed by atoms with van der Waals surface area (Å²) >= 11 is 0. The van der Waals surface area contributed by atoms with E-state index in [2.05, 4.69) is 5.32 Å². The van der Waals surface area contributed by atoms with E-state index in [1.807, 2.05) is 30.3 Å². The zero-order chi connectivity index (χ0) is 18.5. The molecule has 0 radical (unpaired) electrons. The number of nitrogens with one attached hydrogen (secondary N) is 1. The molecule has 6 heteroatoms. The fraction of sp³-hybridized carbons (Fsp3) is 0.500. The number of carbonyl (C=O) groups excluding carboxylic acids is 2. The molecule has 1 saturated heterocycles. The van der Waals surface area contributed by atoms with E-state index in [4.69, 9.17) is 0 Å². The minimum atomic E-state index is -0.823. The molecule has 3 atom stereocenters. The summed E-state index contributed by atoms with van der Waals surface area (Å²) in [7, 11) is 0. The number of rotatable bonds is 4. The van der Waals surface area contributed by atoms with Crippen LogP contribution in [0.5, 0.6) is 0 Å². The summed E-state index contributed by atoms with van der Waals surface area (Å²) in [6.45, 7) is 0.868. The first-order valence-corrected chi connectivity index (χ1v) is 9.17. The lowest BCUT2D eigenvalue weighted by molar-refractivity contribution is -0.137. The zero-order valence-corrected chi connectivity index (χ0v) is 14.7. The molecule has 2 N–H and O–H groups in total. The average Bonchev–Trinajstić information content (AvgIpc) is 3.01. The van der Waals surface area contributed by atoms with Crippen molar-refractivity contribution in [2.24, 2.45) is 5.92 Å². The first-order valence-electron chi connectivity index (χ1n) is 9.17. The lowest BCUT2D eigenvalue weighted by Gasteiger charge is -2.30. The van der Waals surface area contributed by atoms with Crippen LogP contribution in [0.1, 0.15) is 31.2 Å². The second-order valence-corrected chi connectivity index (χ2v) is 7.09. The van der Waals surface area contributed by atoms with Gasteiger partial charge in [0.15, 0.2) is 0 Å². The van der Waals surface area contributed by atoms with Gasteiger partial charge in [0.05, 0.1) is 12.1 Å². The van der Waals surface area contributed by atoms with Crippen molar-refractivity contribution in [2.45, 2.75) is 44.0 Å². The molecule has 0 aromatic heterocycles. The molecule has 1 aromatic rings. The molecular weight excluding hydrogens is 335 g/mol. The van der Waals surface area contributed by atoms with Crippen LogP contribution in [0.2, 0.25) is 0 Å². The Kier molecular flexibility index (Phi) is 6.04. The van der Waals surface area contributed by atoms with Gasteiger partial charge in [-0.3, -0.25) is 9.59 Å². The van der Waals surface area contributed by atoms with Crippen LogP contribution in [0.25, 0.3) is 6.08 Å². The predicted octanol–water partition coefficient (Wildman–Crippen LogP) is 1.92. The molecule has 1 aromatic carbocycles. The molecule has 2 aliphatic rings. The zero-order valence-electron chi connectivity index (χ0n) is 14.7. The molecule has 1 heterocycles. The Morgan fingerprint density at radius 1 is 1.15 bits per heavy atom. The number of aliphatic hydroxyl groups is 1. The van der Waals surface area contributed by atoms with Gasteiger partial charge in [0.25, 0.3) is 0 Å². The van der Waals surface area contributed by atoms with E-state index < -0.39 is 18.3 Å². The first kappa shape index (κ1) is 18.6. The predicted molar refractivity (Wildman–Crippen MR) is 96.8 cm³/mol. The van der Waals surface area contributed by atoms with E-state index in [0.29, 0.717) is 38.8 Å². The topological polar surface area (TPSA) is 69.6 Å². The SMILES string of the molecule is O=C(/C=C/c1ccccc1)N[C@H]1C[C@H](C(=O)N2CCC(F)CC2)C[C@@H]1O. The molecule has 0 unspecified atom stereocenters. The molecule has 2 amide bonds. The maximum absolute atomic E-state index is 13.2. The standard InChI is InChI=1S/C20H25FN2O3/c21-16-8-10-23(11-9-16)20(26)15-12-17(18(24)13-15)22-19(25)7-6-14-4-2-1-3-5-14/h1-7,15-18,24H,8-13H2,(H,22,25)/b7-6+/t15-,17-,18-/m0/s1. The highest BCUT2D eigenvalue weighted by atomic mass is 19.1. The van der Waals surface area contributed by atoms with Crippen LogP contribution in [0.15, 0.2) is 36.4 Å². The van der Waals surface area contributed by atoms with Crippen LogP contribution in [0.4, 0.5) is 4.39 Å². The van der Waals surface area contributed by atoms with Crippen molar-refractivity contribution in [1.82, 2.24) is 10.2 Å². The van der Waals surface area contributed by atoms with E-state index in [0.717, 1.165) is 5.56 Å². The van der Waals surface area contributed by atoms with Crippen molar-refractivity contribution < 1.29 is 19.1 Å². The molecule has 5 nitrogen and oxygen atoms in total. The van der Waals surface area contributed by atoms with Crippen molar-refractivity contribution >= 4 is 17.9 Å². The van der Waals surface area contributed by atoms with Gasteiger partial charge < -0.3 is 15.3 Å². The Bertz CT molecular complexity index is 656. The van der Waals surface area contributed by atoms with Gasteiger partial charge >= 0.3 is 0 Å². The van der Waals surface area contributed by atoms with Crippen molar-refractivity contribution in [1.29, 1.82) is 0 Å². The highest BCUT2D eigenvalue weighted by molar-refractivity contribution is 5.92. The van der Waals surface area contributed by atoms with Crippen molar-refractivity contribution in [3.8, 4) is 0 Å². The quantitative estimate of drug-likeness (QED) is 0.806. The minimum absolute atomic E-state index is 0.0347. The number of carbonyl (C=O) groups is 2. The Labute approximate surface area is 152 Å². The number of halogens is 1. The molecule has 1 aliphatic carbocycles. The van der Waals surface area contributed by atoms with Crippen LogP contribution in [0, 0.1) is 5.92 Å². The lowest BCUT2D eigenvalue weighted by Crippen LogP contribution is -2.42. The minimum Gasteiger partial charge on any atom is -0.391 e. The molecule has 140 valence electrons. The summed E-state index contributed by atoms with van der Waals surface area (Å²) in [4.78, 5) is 26.3. The van der Waals surface area contributed by atoms with Gasteiger partial charge in [-0.1, -0.05) is 30.3 Å². The second kappa shape index (κ2) is 8.45. The summed E-state index contributed by atoms with van der Waals surface area (Å²) in [5, 5.41) is 13.0. The van der Waals surface area contributed by atoms with E-state index in [9.17, 15) is 19.1 Å².